The fourth-order valence-corrected chi connectivity index (χ4v) is 2.95. The van der Waals surface area contributed by atoms with E-state index in [-0.39, 0.29) is 11.2 Å². The molecule has 0 aliphatic carbocycles. The fraction of sp³-hybridized carbons (Fsp3) is 0.190. The molecule has 1 amide bonds. The second-order valence-corrected chi connectivity index (χ2v) is 6.89. The normalized spacial score (nSPS) is 12.1. The predicted molar refractivity (Wildman–Crippen MR) is 107 cm³/mol. The summed E-state index contributed by atoms with van der Waals surface area (Å²) in [5, 5.41) is 10.2. The van der Waals surface area contributed by atoms with Crippen LogP contribution in [0.4, 0.5) is 0 Å². The predicted octanol–water partition coefficient (Wildman–Crippen LogP) is 3.08. The molecule has 8 heteroatoms. The highest BCUT2D eigenvalue weighted by Crippen LogP contribution is 2.19. The van der Waals surface area contributed by atoms with E-state index in [4.69, 9.17) is 4.42 Å². The number of rotatable bonds is 4. The molecule has 0 aliphatic heterocycles. The van der Waals surface area contributed by atoms with Gasteiger partial charge in [0.05, 0.1) is 11.4 Å². The van der Waals surface area contributed by atoms with E-state index in [2.05, 4.69) is 25.5 Å². The smallest absolute Gasteiger partial charge is 0.287 e. The summed E-state index contributed by atoms with van der Waals surface area (Å²) in [6.45, 7) is 5.61. The molecule has 0 saturated heterocycles. The van der Waals surface area contributed by atoms with E-state index in [0.717, 1.165) is 16.7 Å². The summed E-state index contributed by atoms with van der Waals surface area (Å²) in [5.74, 6) is 0.405. The minimum absolute atomic E-state index is 0.0513. The lowest BCUT2D eigenvalue weighted by atomic mass is 10.1. The zero-order chi connectivity index (χ0) is 20.5. The number of hydrogen-bond acceptors (Lipinski definition) is 6. The Morgan fingerprint density at radius 1 is 1.21 bits per heavy atom. The Balaban J connectivity index is 1.57. The number of hydrogen-bond donors (Lipinski definition) is 2. The summed E-state index contributed by atoms with van der Waals surface area (Å²) in [6, 6.07) is 7.91. The van der Waals surface area contributed by atoms with Crippen molar-refractivity contribution in [2.45, 2.75) is 26.8 Å². The first kappa shape index (κ1) is 18.5. The third-order valence-electron chi connectivity index (χ3n) is 4.75. The third kappa shape index (κ3) is 3.64. The van der Waals surface area contributed by atoms with Crippen LogP contribution in [0.15, 0.2) is 51.9 Å². The van der Waals surface area contributed by atoms with Crippen LogP contribution in [0.5, 0.6) is 0 Å². The van der Waals surface area contributed by atoms with Gasteiger partial charge in [0.1, 0.15) is 11.4 Å². The Morgan fingerprint density at radius 3 is 2.76 bits per heavy atom. The molecule has 4 aromatic rings. The number of aromatic amines is 1. The average Bonchev–Trinajstić information content (AvgIpc) is 3.20. The van der Waals surface area contributed by atoms with Gasteiger partial charge in [-0.15, -0.1) is 0 Å². The van der Waals surface area contributed by atoms with Crippen molar-refractivity contribution in [3.05, 3.63) is 75.7 Å². The molecule has 1 aromatic carbocycles. The van der Waals surface area contributed by atoms with Crippen molar-refractivity contribution in [1.82, 2.24) is 25.5 Å². The van der Waals surface area contributed by atoms with Crippen LogP contribution in [-0.2, 0) is 0 Å². The van der Waals surface area contributed by atoms with E-state index in [1.165, 1.54) is 6.07 Å². The molecule has 0 saturated carbocycles. The Kier molecular flexibility index (Phi) is 4.67. The average molecular weight is 389 g/mol. The highest BCUT2D eigenvalue weighted by atomic mass is 16.3. The lowest BCUT2D eigenvalue weighted by Gasteiger charge is -2.11. The molecular formula is C21H19N5O3. The van der Waals surface area contributed by atoms with Crippen LogP contribution in [-0.4, -0.2) is 26.1 Å². The van der Waals surface area contributed by atoms with Gasteiger partial charge < -0.3 is 9.73 Å². The van der Waals surface area contributed by atoms with Crippen molar-refractivity contribution in [2.24, 2.45) is 0 Å². The van der Waals surface area contributed by atoms with Gasteiger partial charge in [0.25, 0.3) is 5.91 Å². The van der Waals surface area contributed by atoms with Gasteiger partial charge in [-0.2, -0.15) is 5.10 Å². The van der Waals surface area contributed by atoms with E-state index in [9.17, 15) is 9.59 Å². The van der Waals surface area contributed by atoms with Crippen LogP contribution in [0.2, 0.25) is 0 Å². The summed E-state index contributed by atoms with van der Waals surface area (Å²) in [4.78, 5) is 33.5. The number of carbonyl (C=O) groups is 1. The zero-order valence-electron chi connectivity index (χ0n) is 16.2. The molecule has 0 bridgehead atoms. The van der Waals surface area contributed by atoms with Crippen molar-refractivity contribution in [3.8, 4) is 11.4 Å². The van der Waals surface area contributed by atoms with Crippen molar-refractivity contribution in [3.63, 3.8) is 0 Å². The second-order valence-electron chi connectivity index (χ2n) is 6.89. The Hall–Kier alpha value is -3.81. The third-order valence-corrected chi connectivity index (χ3v) is 4.75. The largest absolute Gasteiger partial charge is 0.451 e. The Labute approximate surface area is 166 Å². The highest BCUT2D eigenvalue weighted by molar-refractivity contribution is 5.93. The number of aryl methyl sites for hydroxylation is 2. The van der Waals surface area contributed by atoms with Crippen molar-refractivity contribution >= 4 is 16.9 Å². The van der Waals surface area contributed by atoms with Gasteiger partial charge in [-0.25, -0.2) is 4.98 Å². The number of nitrogens with one attached hydrogen (secondary N) is 2. The Morgan fingerprint density at radius 2 is 2.00 bits per heavy atom. The van der Waals surface area contributed by atoms with Crippen LogP contribution >= 0.6 is 0 Å². The molecule has 4 rings (SSSR count). The fourth-order valence-electron chi connectivity index (χ4n) is 2.95. The number of H-pyrrole nitrogens is 1. The maximum absolute atomic E-state index is 12.6. The Bertz CT molecular complexity index is 1260. The number of carbonyl (C=O) groups excluding carboxylic acids is 1. The van der Waals surface area contributed by atoms with Crippen LogP contribution in [0.3, 0.4) is 0 Å². The van der Waals surface area contributed by atoms with Crippen LogP contribution in [0.25, 0.3) is 22.4 Å². The van der Waals surface area contributed by atoms with E-state index in [1.807, 2.05) is 19.9 Å². The number of nitrogens with zero attached hydrogens (tertiary/aromatic N) is 3. The number of aromatic nitrogens is 4. The van der Waals surface area contributed by atoms with Crippen molar-refractivity contribution in [2.75, 3.05) is 0 Å². The maximum Gasteiger partial charge on any atom is 0.287 e. The number of fused-ring (bicyclic) bond motifs is 1. The van der Waals surface area contributed by atoms with Crippen molar-refractivity contribution < 1.29 is 9.21 Å². The number of pyridine rings is 1. The van der Waals surface area contributed by atoms with Crippen LogP contribution in [0, 0.1) is 13.8 Å². The molecule has 1 atom stereocenters. The minimum atomic E-state index is -0.506. The summed E-state index contributed by atoms with van der Waals surface area (Å²) in [6.07, 6.45) is 3.32. The van der Waals surface area contributed by atoms with Crippen LogP contribution in [0.1, 0.15) is 40.5 Å². The molecule has 2 N–H and O–H groups in total. The molecule has 3 heterocycles. The topological polar surface area (TPSA) is 114 Å². The van der Waals surface area contributed by atoms with Crippen LogP contribution < -0.4 is 10.7 Å². The van der Waals surface area contributed by atoms with Gasteiger partial charge in [0, 0.05) is 24.0 Å². The molecule has 0 unspecified atom stereocenters. The zero-order valence-corrected chi connectivity index (χ0v) is 16.2. The summed E-state index contributed by atoms with van der Waals surface area (Å²) in [5.41, 5.74) is 2.86. The first-order valence-electron chi connectivity index (χ1n) is 9.11. The number of benzene rings is 1. The maximum atomic E-state index is 12.6. The first-order chi connectivity index (χ1) is 13.9. The van der Waals surface area contributed by atoms with Gasteiger partial charge in [-0.1, -0.05) is 0 Å². The lowest BCUT2D eigenvalue weighted by Crippen LogP contribution is -2.28. The minimum Gasteiger partial charge on any atom is -0.451 e. The quantitative estimate of drug-likeness (QED) is 0.554. The molecule has 0 spiro atoms. The van der Waals surface area contributed by atoms with E-state index in [0.29, 0.717) is 22.6 Å². The van der Waals surface area contributed by atoms with Gasteiger partial charge in [0.15, 0.2) is 17.0 Å². The molecule has 29 heavy (non-hydrogen) atoms. The second kappa shape index (κ2) is 7.31. The molecule has 146 valence electrons. The molecule has 3 aromatic heterocycles. The van der Waals surface area contributed by atoms with E-state index in [1.54, 1.807) is 37.5 Å². The van der Waals surface area contributed by atoms with Crippen molar-refractivity contribution in [1.29, 1.82) is 0 Å². The number of amides is 1. The highest BCUT2D eigenvalue weighted by Gasteiger charge is 2.19. The SMILES string of the molecule is Cc1cc2oc(C(=O)N[C@H](C)c3nc(-c4cccnc4)n[nH]3)cc(=O)c2cc1C. The summed E-state index contributed by atoms with van der Waals surface area (Å²) in [7, 11) is 0. The molecule has 0 aliphatic rings. The van der Waals surface area contributed by atoms with Gasteiger partial charge in [-0.3, -0.25) is 19.7 Å². The first-order valence-corrected chi connectivity index (χ1v) is 9.11. The van der Waals surface area contributed by atoms with Gasteiger partial charge in [0.2, 0.25) is 0 Å². The van der Waals surface area contributed by atoms with Gasteiger partial charge >= 0.3 is 0 Å². The molecular weight excluding hydrogens is 370 g/mol. The monoisotopic (exact) mass is 389 g/mol. The lowest BCUT2D eigenvalue weighted by molar-refractivity contribution is 0.0911. The van der Waals surface area contributed by atoms with E-state index < -0.39 is 11.9 Å². The standard InChI is InChI=1S/C21H19N5O3/c1-11-7-15-16(27)9-18(29-17(15)8-12(11)2)21(28)23-13(3)19-24-20(26-25-19)14-5-4-6-22-10-14/h4-10,13H,1-3H3,(H,23,28)(H,24,25,26)/t13-/m1/s1. The van der Waals surface area contributed by atoms with Gasteiger partial charge in [-0.05, 0) is 56.2 Å². The summed E-state index contributed by atoms with van der Waals surface area (Å²) < 4.78 is 5.68. The summed E-state index contributed by atoms with van der Waals surface area (Å²) >= 11 is 0. The molecule has 8 nitrogen and oxygen atoms in total. The van der Waals surface area contributed by atoms with E-state index >= 15 is 0 Å². The molecule has 0 radical (unpaired) electrons. The molecule has 0 fully saturated rings.